The Morgan fingerprint density at radius 2 is 1.35 bits per heavy atom. The number of hydrogen-bond donors (Lipinski definition) is 2. The van der Waals surface area contributed by atoms with E-state index in [1.165, 1.54) is 45.4 Å². The van der Waals surface area contributed by atoms with Crippen LogP contribution in [0.3, 0.4) is 0 Å². The molecule has 2 fully saturated rings. The Morgan fingerprint density at radius 1 is 0.950 bits per heavy atom. The Bertz CT molecular complexity index is 298. The molecule has 0 radical (unpaired) electrons. The second-order valence-corrected chi connectivity index (χ2v) is 6.54. The maximum absolute atomic E-state index is 12.5. The summed E-state index contributed by atoms with van der Waals surface area (Å²) in [6.07, 6.45) is 11.3. The van der Waals surface area contributed by atoms with Gasteiger partial charge >= 0.3 is 6.09 Å². The molecular weight excluding hydrogens is 254 g/mol. The zero-order valence-electron chi connectivity index (χ0n) is 12.6. The molecule has 0 aromatic heterocycles. The van der Waals surface area contributed by atoms with Crippen LogP contribution in [0.1, 0.15) is 71.1 Å². The molecule has 0 aliphatic heterocycles. The maximum atomic E-state index is 12.5. The van der Waals surface area contributed by atoms with E-state index < -0.39 is 5.85 Å². The molecule has 5 heteroatoms. The van der Waals surface area contributed by atoms with E-state index >= 15 is 0 Å². The molecule has 0 aromatic rings. The van der Waals surface area contributed by atoms with Crippen LogP contribution in [-0.2, 0) is 4.74 Å². The average Bonchev–Trinajstić information content (AvgIpc) is 2.39. The maximum Gasteiger partial charge on any atom is 0.412 e. The summed E-state index contributed by atoms with van der Waals surface area (Å²) in [5, 5.41) is 0. The smallest absolute Gasteiger partial charge is 0.412 e. The van der Waals surface area contributed by atoms with Crippen molar-refractivity contribution in [1.82, 2.24) is 4.90 Å². The topological polar surface area (TPSA) is 81.6 Å². The molecule has 0 atom stereocenters. The molecular formula is C15H29N3O2. The minimum absolute atomic E-state index is 0.307. The van der Waals surface area contributed by atoms with Crippen LogP contribution >= 0.6 is 0 Å². The molecule has 5 nitrogen and oxygen atoms in total. The van der Waals surface area contributed by atoms with Crippen LogP contribution in [0.5, 0.6) is 0 Å². The summed E-state index contributed by atoms with van der Waals surface area (Å²) in [6.45, 7) is 1.52. The summed E-state index contributed by atoms with van der Waals surface area (Å²) in [5.74, 6) is -1.39. The first kappa shape index (κ1) is 15.6. The highest BCUT2D eigenvalue weighted by atomic mass is 16.6. The van der Waals surface area contributed by atoms with Crippen molar-refractivity contribution in [2.75, 3.05) is 0 Å². The number of amides is 1. The van der Waals surface area contributed by atoms with Crippen LogP contribution in [0.15, 0.2) is 0 Å². The van der Waals surface area contributed by atoms with Crippen molar-refractivity contribution in [3.63, 3.8) is 0 Å². The SMILES string of the molecule is CC(N)(N)OC(=O)N(C1CCCCC1)C1CCCCC1. The molecule has 0 spiro atoms. The van der Waals surface area contributed by atoms with E-state index in [0.29, 0.717) is 12.1 Å². The van der Waals surface area contributed by atoms with Crippen molar-refractivity contribution in [3.05, 3.63) is 0 Å². The van der Waals surface area contributed by atoms with Gasteiger partial charge in [-0.05, 0) is 25.7 Å². The minimum atomic E-state index is -1.39. The van der Waals surface area contributed by atoms with E-state index in [4.69, 9.17) is 16.2 Å². The van der Waals surface area contributed by atoms with Gasteiger partial charge in [0.2, 0.25) is 5.85 Å². The van der Waals surface area contributed by atoms with Crippen LogP contribution in [0.4, 0.5) is 4.79 Å². The van der Waals surface area contributed by atoms with Crippen molar-refractivity contribution in [2.45, 2.75) is 89.1 Å². The van der Waals surface area contributed by atoms with Gasteiger partial charge in [-0.1, -0.05) is 38.5 Å². The third-order valence-electron chi connectivity index (χ3n) is 4.45. The van der Waals surface area contributed by atoms with Crippen molar-refractivity contribution in [2.24, 2.45) is 11.5 Å². The highest BCUT2D eigenvalue weighted by Crippen LogP contribution is 2.31. The zero-order chi connectivity index (χ0) is 14.6. The highest BCUT2D eigenvalue weighted by Gasteiger charge is 2.35. The van der Waals surface area contributed by atoms with Gasteiger partial charge in [0.1, 0.15) is 0 Å². The van der Waals surface area contributed by atoms with Crippen LogP contribution in [0.2, 0.25) is 0 Å². The second kappa shape index (κ2) is 6.76. The molecule has 0 saturated heterocycles. The molecule has 2 saturated carbocycles. The second-order valence-electron chi connectivity index (χ2n) is 6.54. The number of ether oxygens (including phenoxy) is 1. The lowest BCUT2D eigenvalue weighted by Gasteiger charge is -2.41. The van der Waals surface area contributed by atoms with Crippen LogP contribution in [0, 0.1) is 0 Å². The Labute approximate surface area is 122 Å². The summed E-state index contributed by atoms with van der Waals surface area (Å²) in [7, 11) is 0. The Hall–Kier alpha value is -0.810. The lowest BCUT2D eigenvalue weighted by Crippen LogP contribution is -2.56. The summed E-state index contributed by atoms with van der Waals surface area (Å²) < 4.78 is 5.25. The fraction of sp³-hybridized carbons (Fsp3) is 0.933. The Kier molecular flexibility index (Phi) is 5.27. The van der Waals surface area contributed by atoms with E-state index in [0.717, 1.165) is 25.7 Å². The normalized spacial score (nSPS) is 22.6. The predicted octanol–water partition coefficient (Wildman–Crippen LogP) is 2.68. The molecule has 4 N–H and O–H groups in total. The van der Waals surface area contributed by atoms with Gasteiger partial charge in [-0.2, -0.15) is 0 Å². The fourth-order valence-corrected chi connectivity index (χ4v) is 3.56. The van der Waals surface area contributed by atoms with Crippen LogP contribution < -0.4 is 11.5 Å². The number of carbonyl (C=O) groups excluding carboxylic acids is 1. The lowest BCUT2D eigenvalue weighted by molar-refractivity contribution is -0.0159. The van der Waals surface area contributed by atoms with E-state index in [1.54, 1.807) is 0 Å². The monoisotopic (exact) mass is 283 g/mol. The predicted molar refractivity (Wildman–Crippen MR) is 78.8 cm³/mol. The Balaban J connectivity index is 2.07. The quantitative estimate of drug-likeness (QED) is 0.780. The first-order chi connectivity index (χ1) is 9.47. The standard InChI is InChI=1S/C15H29N3O2/c1-15(16,17)20-14(19)18(12-8-4-2-5-9-12)13-10-6-3-7-11-13/h12-13H,2-11,16-17H2,1H3. The van der Waals surface area contributed by atoms with Crippen LogP contribution in [0.25, 0.3) is 0 Å². The highest BCUT2D eigenvalue weighted by molar-refractivity contribution is 5.69. The molecule has 1 amide bonds. The third kappa shape index (κ3) is 4.35. The molecule has 2 aliphatic carbocycles. The molecule has 20 heavy (non-hydrogen) atoms. The van der Waals surface area contributed by atoms with Crippen molar-refractivity contribution < 1.29 is 9.53 Å². The molecule has 0 unspecified atom stereocenters. The van der Waals surface area contributed by atoms with Crippen molar-refractivity contribution >= 4 is 6.09 Å². The molecule has 0 aromatic carbocycles. The van der Waals surface area contributed by atoms with Gasteiger partial charge in [0, 0.05) is 19.0 Å². The fourth-order valence-electron chi connectivity index (χ4n) is 3.56. The lowest BCUT2D eigenvalue weighted by atomic mass is 9.89. The zero-order valence-corrected chi connectivity index (χ0v) is 12.6. The van der Waals surface area contributed by atoms with E-state index in [-0.39, 0.29) is 6.09 Å². The molecule has 2 rings (SSSR count). The van der Waals surface area contributed by atoms with Gasteiger partial charge in [0.15, 0.2) is 0 Å². The third-order valence-corrected chi connectivity index (χ3v) is 4.45. The first-order valence-corrected chi connectivity index (χ1v) is 8.06. The van der Waals surface area contributed by atoms with Crippen molar-refractivity contribution in [1.29, 1.82) is 0 Å². The Morgan fingerprint density at radius 3 is 1.70 bits per heavy atom. The summed E-state index contributed by atoms with van der Waals surface area (Å²) in [4.78, 5) is 14.5. The van der Waals surface area contributed by atoms with Gasteiger partial charge in [-0.25, -0.2) is 4.79 Å². The van der Waals surface area contributed by atoms with Gasteiger partial charge in [-0.3, -0.25) is 11.5 Å². The van der Waals surface area contributed by atoms with Gasteiger partial charge in [0.25, 0.3) is 0 Å². The number of rotatable bonds is 3. The number of hydrogen-bond acceptors (Lipinski definition) is 4. The van der Waals surface area contributed by atoms with Crippen molar-refractivity contribution in [3.8, 4) is 0 Å². The molecule has 0 heterocycles. The van der Waals surface area contributed by atoms with E-state index in [2.05, 4.69) is 0 Å². The summed E-state index contributed by atoms with van der Waals surface area (Å²) in [6, 6.07) is 0.614. The summed E-state index contributed by atoms with van der Waals surface area (Å²) >= 11 is 0. The minimum Gasteiger partial charge on any atom is -0.415 e. The number of carbonyl (C=O) groups is 1. The van der Waals surface area contributed by atoms with Gasteiger partial charge < -0.3 is 9.64 Å². The average molecular weight is 283 g/mol. The first-order valence-electron chi connectivity index (χ1n) is 8.06. The number of nitrogens with zero attached hydrogens (tertiary/aromatic N) is 1. The molecule has 0 bridgehead atoms. The summed E-state index contributed by atoms with van der Waals surface area (Å²) in [5.41, 5.74) is 11.3. The molecule has 2 aliphatic rings. The van der Waals surface area contributed by atoms with Gasteiger partial charge in [-0.15, -0.1) is 0 Å². The number of nitrogens with two attached hydrogens (primary N) is 2. The van der Waals surface area contributed by atoms with E-state index in [9.17, 15) is 4.79 Å². The van der Waals surface area contributed by atoms with E-state index in [1.807, 2.05) is 4.90 Å². The molecule has 116 valence electrons. The largest absolute Gasteiger partial charge is 0.415 e. The van der Waals surface area contributed by atoms with Crippen LogP contribution in [-0.4, -0.2) is 28.9 Å². The van der Waals surface area contributed by atoms with Gasteiger partial charge in [0.05, 0.1) is 0 Å².